The fourth-order valence-electron chi connectivity index (χ4n) is 4.40. The van der Waals surface area contributed by atoms with Crippen molar-refractivity contribution in [3.8, 4) is 0 Å². The first-order chi connectivity index (χ1) is 14.0. The van der Waals surface area contributed by atoms with Gasteiger partial charge in [0.2, 0.25) is 5.91 Å². The molecule has 4 rings (SSSR count). The number of hydrogen-bond acceptors (Lipinski definition) is 3. The molecule has 7 heteroatoms. The van der Waals surface area contributed by atoms with Crippen molar-refractivity contribution in [1.29, 1.82) is 0 Å². The molecule has 150 valence electrons. The monoisotopic (exact) mass is 395 g/mol. The van der Waals surface area contributed by atoms with Gasteiger partial charge in [-0.25, -0.2) is 4.39 Å². The highest BCUT2D eigenvalue weighted by atomic mass is 19.1. The molecule has 2 saturated heterocycles. The van der Waals surface area contributed by atoms with E-state index in [4.69, 9.17) is 5.73 Å². The molecule has 2 unspecified atom stereocenters. The van der Waals surface area contributed by atoms with Crippen molar-refractivity contribution in [1.82, 2.24) is 9.80 Å². The molecule has 6 nitrogen and oxygen atoms in total. The molecule has 2 fully saturated rings. The van der Waals surface area contributed by atoms with Gasteiger partial charge < -0.3 is 15.5 Å². The molecule has 2 aromatic rings. The lowest BCUT2D eigenvalue weighted by Crippen LogP contribution is -2.57. The maximum absolute atomic E-state index is 14.6. The van der Waals surface area contributed by atoms with Gasteiger partial charge in [-0.1, -0.05) is 36.4 Å². The smallest absolute Gasteiger partial charge is 0.256 e. The Labute approximate surface area is 168 Å². The van der Waals surface area contributed by atoms with Crippen molar-refractivity contribution in [2.24, 2.45) is 5.73 Å². The number of likely N-dealkylation sites (tertiary alicyclic amines) is 1. The van der Waals surface area contributed by atoms with Crippen molar-refractivity contribution in [3.05, 3.63) is 71.0 Å². The second kappa shape index (κ2) is 7.66. The number of piperazine rings is 1. The topological polar surface area (TPSA) is 83.7 Å². The Bertz CT molecular complexity index is 949. The predicted octanol–water partition coefficient (Wildman–Crippen LogP) is 1.98. The summed E-state index contributed by atoms with van der Waals surface area (Å²) < 4.78 is 14.6. The van der Waals surface area contributed by atoms with Crippen molar-refractivity contribution in [2.75, 3.05) is 13.1 Å². The van der Waals surface area contributed by atoms with Crippen LogP contribution >= 0.6 is 0 Å². The van der Waals surface area contributed by atoms with Crippen molar-refractivity contribution < 1.29 is 18.8 Å². The molecule has 2 heterocycles. The van der Waals surface area contributed by atoms with Gasteiger partial charge in [-0.15, -0.1) is 0 Å². The van der Waals surface area contributed by atoms with Crippen LogP contribution in [0.4, 0.5) is 4.39 Å². The van der Waals surface area contributed by atoms with E-state index in [1.54, 1.807) is 4.90 Å². The lowest BCUT2D eigenvalue weighted by molar-refractivity contribution is -0.135. The van der Waals surface area contributed by atoms with Gasteiger partial charge in [0, 0.05) is 25.2 Å². The summed E-state index contributed by atoms with van der Waals surface area (Å²) >= 11 is 0. The Kier molecular flexibility index (Phi) is 5.05. The van der Waals surface area contributed by atoms with Crippen LogP contribution in [0, 0.1) is 5.82 Å². The number of nitrogens with two attached hydrogens (primary N) is 1. The van der Waals surface area contributed by atoms with Crippen molar-refractivity contribution >= 4 is 17.7 Å². The molecule has 2 aliphatic rings. The number of hydrogen-bond donors (Lipinski definition) is 1. The molecule has 0 spiro atoms. The van der Waals surface area contributed by atoms with Gasteiger partial charge in [-0.05, 0) is 30.5 Å². The molecule has 2 bridgehead atoms. The fourth-order valence-corrected chi connectivity index (χ4v) is 4.40. The number of carbonyl (C=O) groups is 3. The lowest BCUT2D eigenvalue weighted by atomic mass is 10.1. The largest absolute Gasteiger partial charge is 0.366 e. The van der Waals surface area contributed by atoms with Crippen LogP contribution in [-0.2, 0) is 11.2 Å². The lowest BCUT2D eigenvalue weighted by Gasteiger charge is -2.41. The van der Waals surface area contributed by atoms with E-state index in [9.17, 15) is 18.8 Å². The van der Waals surface area contributed by atoms with Crippen molar-refractivity contribution in [3.63, 3.8) is 0 Å². The van der Waals surface area contributed by atoms with Gasteiger partial charge in [0.1, 0.15) is 5.82 Å². The first kappa shape index (κ1) is 19.1. The number of amides is 3. The molecular formula is C22H22FN3O3. The Morgan fingerprint density at radius 3 is 2.17 bits per heavy atom. The number of nitrogens with zero attached hydrogens (tertiary/aromatic N) is 2. The van der Waals surface area contributed by atoms with Crippen LogP contribution in [0.15, 0.2) is 48.5 Å². The average molecular weight is 395 g/mol. The summed E-state index contributed by atoms with van der Waals surface area (Å²) in [5.74, 6) is -2.22. The Balaban J connectivity index is 1.49. The zero-order valence-corrected chi connectivity index (χ0v) is 15.9. The molecule has 0 aromatic heterocycles. The summed E-state index contributed by atoms with van der Waals surface area (Å²) in [7, 11) is 0. The van der Waals surface area contributed by atoms with Gasteiger partial charge in [0.15, 0.2) is 0 Å². The zero-order chi connectivity index (χ0) is 20.5. The highest BCUT2D eigenvalue weighted by molar-refractivity contribution is 5.99. The molecule has 0 radical (unpaired) electrons. The maximum Gasteiger partial charge on any atom is 0.256 e. The minimum atomic E-state index is -0.909. The number of carbonyl (C=O) groups excluding carboxylic acids is 3. The third kappa shape index (κ3) is 3.60. The van der Waals surface area contributed by atoms with Crippen molar-refractivity contribution in [2.45, 2.75) is 31.3 Å². The normalized spacial score (nSPS) is 20.6. The molecule has 2 N–H and O–H groups in total. The zero-order valence-electron chi connectivity index (χ0n) is 15.9. The second-order valence-electron chi connectivity index (χ2n) is 7.59. The molecule has 2 atom stereocenters. The standard InChI is InChI=1S/C22H22FN3O3/c23-20-17(21(24)28)7-4-8-18(20)22(29)25-12-15-9-10-16(13-25)26(15)19(27)11-14-5-2-1-3-6-14/h1-8,15-16H,9-13H2,(H2,24,28). The van der Waals surface area contributed by atoms with E-state index in [1.807, 2.05) is 35.2 Å². The van der Waals surface area contributed by atoms with Crippen LogP contribution in [0.2, 0.25) is 0 Å². The molecule has 0 saturated carbocycles. The van der Waals surface area contributed by atoms with E-state index in [2.05, 4.69) is 0 Å². The van der Waals surface area contributed by atoms with Gasteiger partial charge in [0.05, 0.1) is 17.5 Å². The van der Waals surface area contributed by atoms with E-state index in [0.29, 0.717) is 19.5 Å². The van der Waals surface area contributed by atoms with E-state index in [1.165, 1.54) is 18.2 Å². The number of rotatable bonds is 4. The average Bonchev–Trinajstić information content (AvgIpc) is 2.98. The van der Waals surface area contributed by atoms with Crippen LogP contribution < -0.4 is 5.73 Å². The van der Waals surface area contributed by atoms with Crippen LogP contribution in [-0.4, -0.2) is 52.7 Å². The van der Waals surface area contributed by atoms with Gasteiger partial charge in [0.25, 0.3) is 11.8 Å². The predicted molar refractivity (Wildman–Crippen MR) is 105 cm³/mol. The first-order valence-corrected chi connectivity index (χ1v) is 9.68. The summed E-state index contributed by atoms with van der Waals surface area (Å²) in [6.07, 6.45) is 1.97. The van der Waals surface area contributed by atoms with E-state index in [-0.39, 0.29) is 29.1 Å². The van der Waals surface area contributed by atoms with Crippen LogP contribution in [0.1, 0.15) is 39.1 Å². The molecule has 3 amide bonds. The first-order valence-electron chi connectivity index (χ1n) is 9.68. The number of halogens is 1. The minimum absolute atomic E-state index is 0.0534. The van der Waals surface area contributed by atoms with Crippen LogP contribution in [0.3, 0.4) is 0 Å². The second-order valence-corrected chi connectivity index (χ2v) is 7.59. The van der Waals surface area contributed by atoms with Crippen LogP contribution in [0.25, 0.3) is 0 Å². The summed E-state index contributed by atoms with van der Waals surface area (Å²) in [5.41, 5.74) is 5.68. The minimum Gasteiger partial charge on any atom is -0.366 e. The Morgan fingerprint density at radius 1 is 0.931 bits per heavy atom. The molecular weight excluding hydrogens is 373 g/mol. The highest BCUT2D eigenvalue weighted by Crippen LogP contribution is 2.32. The number of benzene rings is 2. The third-order valence-electron chi connectivity index (χ3n) is 5.75. The molecule has 29 heavy (non-hydrogen) atoms. The molecule has 2 aliphatic heterocycles. The van der Waals surface area contributed by atoms with Crippen LogP contribution in [0.5, 0.6) is 0 Å². The number of fused-ring (bicyclic) bond motifs is 2. The summed E-state index contributed by atoms with van der Waals surface area (Å²) in [6, 6.07) is 13.5. The molecule has 0 aliphatic carbocycles. The Hall–Kier alpha value is -3.22. The highest BCUT2D eigenvalue weighted by Gasteiger charge is 2.44. The summed E-state index contributed by atoms with van der Waals surface area (Å²) in [6.45, 7) is 0.714. The van der Waals surface area contributed by atoms with E-state index in [0.717, 1.165) is 18.4 Å². The SMILES string of the molecule is NC(=O)c1cccc(C(=O)N2CC3CCC(C2)N3C(=O)Cc2ccccc2)c1F. The van der Waals surface area contributed by atoms with E-state index < -0.39 is 17.6 Å². The Morgan fingerprint density at radius 2 is 1.55 bits per heavy atom. The van der Waals surface area contributed by atoms with E-state index >= 15 is 0 Å². The van der Waals surface area contributed by atoms with Gasteiger partial charge >= 0.3 is 0 Å². The number of primary amides is 1. The summed E-state index contributed by atoms with van der Waals surface area (Å²) in [4.78, 5) is 40.6. The van der Waals surface area contributed by atoms with Gasteiger partial charge in [-0.2, -0.15) is 0 Å². The molecule has 2 aromatic carbocycles. The maximum atomic E-state index is 14.6. The third-order valence-corrected chi connectivity index (χ3v) is 5.75. The fraction of sp³-hybridized carbons (Fsp3) is 0.318. The van der Waals surface area contributed by atoms with Gasteiger partial charge in [-0.3, -0.25) is 14.4 Å². The summed E-state index contributed by atoms with van der Waals surface area (Å²) in [5, 5.41) is 0. The quantitative estimate of drug-likeness (QED) is 0.859.